The molecule has 0 aliphatic heterocycles. The normalized spacial score (nSPS) is 38.3. The smallest absolute Gasteiger partial charge is 0.410 e. The highest BCUT2D eigenvalue weighted by molar-refractivity contribution is 7.09. The molecule has 3 aromatic rings. The minimum Gasteiger partial charge on any atom is -0.446 e. The lowest BCUT2D eigenvalue weighted by molar-refractivity contribution is -0.175. The van der Waals surface area contributed by atoms with Crippen LogP contribution in [0, 0.1) is 51.2 Å². The van der Waals surface area contributed by atoms with Crippen molar-refractivity contribution >= 4 is 23.2 Å². The van der Waals surface area contributed by atoms with E-state index in [1.54, 1.807) is 11.3 Å². The second-order valence-corrected chi connectivity index (χ2v) is 21.6. The Kier molecular flexibility index (Phi) is 10.5. The van der Waals surface area contributed by atoms with Crippen molar-refractivity contribution in [2.45, 2.75) is 123 Å². The lowest BCUT2D eigenvalue weighted by Gasteiger charge is -2.71. The van der Waals surface area contributed by atoms with Crippen LogP contribution in [0.15, 0.2) is 95.9 Å². The van der Waals surface area contributed by atoms with Crippen LogP contribution in [0.5, 0.6) is 0 Å². The summed E-state index contributed by atoms with van der Waals surface area (Å²) < 4.78 is 6.53. The van der Waals surface area contributed by atoms with E-state index in [1.165, 1.54) is 4.88 Å². The maximum absolute atomic E-state index is 15.3. The second kappa shape index (κ2) is 15.1. The molecule has 314 valence electrons. The molecule has 0 saturated heterocycles. The Morgan fingerprint density at radius 3 is 2.31 bits per heavy atom. The first-order valence-electron chi connectivity index (χ1n) is 22.7. The Hall–Kier alpha value is -3.52. The van der Waals surface area contributed by atoms with Crippen LogP contribution in [0.2, 0.25) is 0 Å². The number of fused-ring (bicyclic) bond motifs is 1. The molecular formula is C52H65NO5S. The number of rotatable bonds is 10. The van der Waals surface area contributed by atoms with Gasteiger partial charge in [-0.2, -0.15) is 0 Å². The highest BCUT2D eigenvalue weighted by Crippen LogP contribution is 2.78. The number of amides is 1. The molecule has 2 bridgehead atoms. The number of benzene rings is 2. The van der Waals surface area contributed by atoms with Gasteiger partial charge in [0.15, 0.2) is 5.78 Å². The Morgan fingerprint density at radius 2 is 1.58 bits per heavy atom. The van der Waals surface area contributed by atoms with Crippen molar-refractivity contribution in [3.8, 4) is 11.1 Å². The third-order valence-electron chi connectivity index (χ3n) is 17.3. The van der Waals surface area contributed by atoms with Crippen LogP contribution >= 0.6 is 11.3 Å². The largest absolute Gasteiger partial charge is 0.446 e. The Balaban J connectivity index is 1.07. The van der Waals surface area contributed by atoms with Crippen LogP contribution in [0.25, 0.3) is 11.1 Å². The number of hydrogen-bond acceptors (Lipinski definition) is 6. The first kappa shape index (κ1) is 40.9. The van der Waals surface area contributed by atoms with Gasteiger partial charge in [-0.3, -0.25) is 4.79 Å². The predicted octanol–water partition coefficient (Wildman–Crippen LogP) is 11.3. The van der Waals surface area contributed by atoms with Gasteiger partial charge in [0.2, 0.25) is 0 Å². The SMILES string of the molecule is CC1CCC(C(C)C)C(OC(=O)N(CCc2cccs2)CC2(O)CCC3C45C=CC6(C=C4C(=O)c4ccc(-c7ccccc7)cc4)CC(O)CCC6(C)C5CCC32C)C1. The fourth-order valence-corrected chi connectivity index (χ4v) is 14.6. The van der Waals surface area contributed by atoms with Gasteiger partial charge in [0.25, 0.3) is 0 Å². The number of aliphatic hydroxyl groups is 2. The summed E-state index contributed by atoms with van der Waals surface area (Å²) in [4.78, 5) is 32.9. The van der Waals surface area contributed by atoms with Crippen LogP contribution in [0.4, 0.5) is 4.79 Å². The Labute approximate surface area is 356 Å². The summed E-state index contributed by atoms with van der Waals surface area (Å²) >= 11 is 1.70. The highest BCUT2D eigenvalue weighted by Gasteiger charge is 2.74. The van der Waals surface area contributed by atoms with E-state index < -0.39 is 27.9 Å². The number of ketones is 1. The molecule has 2 N–H and O–H groups in total. The van der Waals surface area contributed by atoms with Crippen molar-refractivity contribution < 1.29 is 24.5 Å². The molecule has 2 spiro atoms. The molecule has 1 amide bonds. The van der Waals surface area contributed by atoms with Crippen molar-refractivity contribution in [2.75, 3.05) is 13.1 Å². The van der Waals surface area contributed by atoms with Gasteiger partial charge < -0.3 is 19.8 Å². The summed E-state index contributed by atoms with van der Waals surface area (Å²) in [5, 5.41) is 26.6. The lowest BCUT2D eigenvalue weighted by atomic mass is 9.32. The molecule has 4 saturated carbocycles. The second-order valence-electron chi connectivity index (χ2n) is 20.6. The molecule has 1 heterocycles. The van der Waals surface area contributed by atoms with Crippen LogP contribution in [0.1, 0.15) is 114 Å². The average Bonchev–Trinajstić information content (AvgIpc) is 3.85. The first-order chi connectivity index (χ1) is 28.2. The van der Waals surface area contributed by atoms with Gasteiger partial charge in [0, 0.05) is 38.8 Å². The van der Waals surface area contributed by atoms with Gasteiger partial charge in [-0.15, -0.1) is 11.3 Å². The average molecular weight is 816 g/mol. The maximum atomic E-state index is 15.3. The zero-order valence-electron chi connectivity index (χ0n) is 35.9. The van der Waals surface area contributed by atoms with Crippen molar-refractivity contribution in [1.29, 1.82) is 0 Å². The number of nitrogens with zero attached hydrogens (tertiary/aromatic N) is 1. The molecular weight excluding hydrogens is 751 g/mol. The zero-order chi connectivity index (χ0) is 41.4. The van der Waals surface area contributed by atoms with E-state index in [1.807, 2.05) is 35.2 Å². The fourth-order valence-electron chi connectivity index (χ4n) is 13.9. The molecule has 6 nitrogen and oxygen atoms in total. The summed E-state index contributed by atoms with van der Waals surface area (Å²) in [6.07, 6.45) is 15.3. The lowest BCUT2D eigenvalue weighted by Crippen LogP contribution is -2.67. The standard InChI is InChI=1S/C52H65NO5S/c1-34(2)41-18-13-35(3)30-43(41)58-47(56)53(28-22-40-12-9-29-59-40)33-51(57)25-21-45-49(51,5)24-20-44-48(4)23-19-39(54)31-50(48)26-27-52(44,45)42(32-50)46(55)38-16-14-37(15-17-38)36-10-7-6-8-11-36/h6-12,14-17,26-27,29,32,34-35,39,41,43-45,54,57H,13,18-25,28,30-31,33H2,1-5H3. The van der Waals surface area contributed by atoms with Crippen molar-refractivity contribution in [2.24, 2.45) is 51.2 Å². The number of allylic oxidation sites excluding steroid dienone is 4. The quantitative estimate of drug-likeness (QED) is 0.157. The van der Waals surface area contributed by atoms with Crippen LogP contribution in [0.3, 0.4) is 0 Å². The number of aliphatic hydroxyl groups excluding tert-OH is 1. The predicted molar refractivity (Wildman–Crippen MR) is 236 cm³/mol. The number of Topliss-reactive ketones (excluding diaryl/α,β-unsaturated/α-hetero) is 1. The molecule has 7 aliphatic carbocycles. The van der Waals surface area contributed by atoms with Crippen LogP contribution in [-0.2, 0) is 11.2 Å². The molecule has 2 aromatic carbocycles. The minimum absolute atomic E-state index is 0.00421. The number of carbonyl (C=O) groups excluding carboxylic acids is 2. The number of thiophene rings is 1. The number of hydrogen-bond donors (Lipinski definition) is 2. The molecule has 11 unspecified atom stereocenters. The van der Waals surface area contributed by atoms with E-state index in [0.29, 0.717) is 49.1 Å². The molecule has 11 atom stereocenters. The molecule has 10 rings (SSSR count). The summed E-state index contributed by atoms with van der Waals surface area (Å²) in [5.41, 5.74) is 0.895. The molecule has 4 fully saturated rings. The van der Waals surface area contributed by atoms with E-state index in [9.17, 15) is 15.0 Å². The topological polar surface area (TPSA) is 87.1 Å². The molecule has 7 heteroatoms. The zero-order valence-corrected chi connectivity index (χ0v) is 36.7. The van der Waals surface area contributed by atoms with Crippen molar-refractivity contribution in [3.05, 3.63) is 106 Å². The number of ether oxygens (including phenoxy) is 1. The monoisotopic (exact) mass is 815 g/mol. The van der Waals surface area contributed by atoms with Crippen LogP contribution in [-0.4, -0.2) is 57.9 Å². The minimum atomic E-state index is -1.17. The van der Waals surface area contributed by atoms with Crippen molar-refractivity contribution in [3.63, 3.8) is 0 Å². The van der Waals surface area contributed by atoms with Gasteiger partial charge in [0.1, 0.15) is 6.10 Å². The summed E-state index contributed by atoms with van der Waals surface area (Å²) in [5.74, 6) is 1.51. The van der Waals surface area contributed by atoms with E-state index in [2.05, 4.69) is 94.6 Å². The highest BCUT2D eigenvalue weighted by atomic mass is 32.1. The van der Waals surface area contributed by atoms with E-state index in [0.717, 1.165) is 68.1 Å². The van der Waals surface area contributed by atoms with Gasteiger partial charge >= 0.3 is 6.09 Å². The third-order valence-corrected chi connectivity index (χ3v) is 18.3. The summed E-state index contributed by atoms with van der Waals surface area (Å²) in [6.45, 7) is 12.1. The molecule has 1 aromatic heterocycles. The maximum Gasteiger partial charge on any atom is 0.410 e. The first-order valence-corrected chi connectivity index (χ1v) is 23.6. The van der Waals surface area contributed by atoms with Gasteiger partial charge in [-0.25, -0.2) is 4.79 Å². The molecule has 7 aliphatic rings. The molecule has 0 radical (unpaired) electrons. The van der Waals surface area contributed by atoms with Gasteiger partial charge in [-0.1, -0.05) is 120 Å². The van der Waals surface area contributed by atoms with Crippen molar-refractivity contribution in [1.82, 2.24) is 4.90 Å². The molecule has 59 heavy (non-hydrogen) atoms. The van der Waals surface area contributed by atoms with Gasteiger partial charge in [0.05, 0.1) is 18.2 Å². The van der Waals surface area contributed by atoms with E-state index in [-0.39, 0.29) is 41.8 Å². The number of carbonyl (C=O) groups is 2. The summed E-state index contributed by atoms with van der Waals surface area (Å²) in [7, 11) is 0. The van der Waals surface area contributed by atoms with E-state index in [4.69, 9.17) is 4.74 Å². The fraction of sp³-hybridized carbons (Fsp3) is 0.577. The third kappa shape index (κ3) is 6.54. The van der Waals surface area contributed by atoms with Gasteiger partial charge in [-0.05, 0) is 122 Å². The van der Waals surface area contributed by atoms with E-state index >= 15 is 4.79 Å². The van der Waals surface area contributed by atoms with Crippen LogP contribution < -0.4 is 0 Å². The Bertz CT molecular complexity index is 2090. The summed E-state index contributed by atoms with van der Waals surface area (Å²) in [6, 6.07) is 22.5. The Morgan fingerprint density at radius 1 is 0.864 bits per heavy atom.